The fourth-order valence-electron chi connectivity index (χ4n) is 2.37. The lowest BCUT2D eigenvalue weighted by atomic mass is 10.2. The molecule has 1 unspecified atom stereocenters. The second-order valence-electron chi connectivity index (χ2n) is 5.50. The lowest BCUT2D eigenvalue weighted by molar-refractivity contribution is -0.215. The van der Waals surface area contributed by atoms with Crippen molar-refractivity contribution in [1.82, 2.24) is 5.06 Å². The van der Waals surface area contributed by atoms with Gasteiger partial charge in [-0.05, 0) is 17.5 Å². The smallest absolute Gasteiger partial charge is 0.306 e. The summed E-state index contributed by atoms with van der Waals surface area (Å²) >= 11 is 0. The van der Waals surface area contributed by atoms with Gasteiger partial charge in [0.15, 0.2) is 0 Å². The van der Waals surface area contributed by atoms with Gasteiger partial charge in [0.25, 0.3) is 0 Å². The van der Waals surface area contributed by atoms with Gasteiger partial charge in [-0.2, -0.15) is 5.06 Å². The van der Waals surface area contributed by atoms with Crippen LogP contribution in [0.15, 0.2) is 60.7 Å². The van der Waals surface area contributed by atoms with Crippen LogP contribution in [0.4, 0.5) is 0 Å². The summed E-state index contributed by atoms with van der Waals surface area (Å²) < 4.78 is 0. The molecular formula is C19H23NO3. The molecule has 0 aliphatic rings. The number of hydrogen-bond acceptors (Lipinski definition) is 3. The summed E-state index contributed by atoms with van der Waals surface area (Å²) in [6, 6.07) is 20.1. The quantitative estimate of drug-likeness (QED) is 0.714. The van der Waals surface area contributed by atoms with Crippen molar-refractivity contribution >= 4 is 5.97 Å². The van der Waals surface area contributed by atoms with E-state index >= 15 is 0 Å². The normalized spacial score (nSPS) is 12.3. The van der Waals surface area contributed by atoms with Gasteiger partial charge >= 0.3 is 5.97 Å². The molecule has 0 aliphatic carbocycles. The number of carboxylic acid groups (broad SMARTS) is 1. The van der Waals surface area contributed by atoms with Crippen molar-refractivity contribution < 1.29 is 14.7 Å². The standard InChI is InChI=1S/C19H23NO3/c1-2-18(13-19(21)22)23-20(14-16-9-5-3-6-10-16)15-17-11-7-4-8-12-17/h3-12,18H,2,13-15H2,1H3,(H,21,22). The minimum absolute atomic E-state index is 0.0105. The molecule has 4 heteroatoms. The number of rotatable bonds is 9. The van der Waals surface area contributed by atoms with Gasteiger partial charge in [0.05, 0.1) is 12.5 Å². The molecular weight excluding hydrogens is 290 g/mol. The minimum atomic E-state index is -0.837. The zero-order valence-electron chi connectivity index (χ0n) is 13.4. The molecule has 0 bridgehead atoms. The fraction of sp³-hybridized carbons (Fsp3) is 0.316. The van der Waals surface area contributed by atoms with Crippen LogP contribution in [0.25, 0.3) is 0 Å². The summed E-state index contributed by atoms with van der Waals surface area (Å²) in [4.78, 5) is 16.9. The molecule has 23 heavy (non-hydrogen) atoms. The third kappa shape index (κ3) is 6.22. The van der Waals surface area contributed by atoms with Gasteiger partial charge in [0.2, 0.25) is 0 Å². The first kappa shape index (κ1) is 17.2. The van der Waals surface area contributed by atoms with Crippen LogP contribution in [0, 0.1) is 0 Å². The molecule has 1 N–H and O–H groups in total. The van der Waals surface area contributed by atoms with Crippen LogP contribution in [-0.2, 0) is 22.7 Å². The van der Waals surface area contributed by atoms with Crippen LogP contribution in [0.3, 0.4) is 0 Å². The maximum absolute atomic E-state index is 11.0. The van der Waals surface area contributed by atoms with Gasteiger partial charge in [-0.3, -0.25) is 9.63 Å². The van der Waals surface area contributed by atoms with Crippen molar-refractivity contribution in [1.29, 1.82) is 0 Å². The molecule has 0 saturated heterocycles. The van der Waals surface area contributed by atoms with Gasteiger partial charge < -0.3 is 5.11 Å². The van der Waals surface area contributed by atoms with Gasteiger partial charge in [0, 0.05) is 13.1 Å². The van der Waals surface area contributed by atoms with E-state index in [0.717, 1.165) is 11.1 Å². The number of aliphatic carboxylic acids is 1. The SMILES string of the molecule is CCC(CC(=O)O)ON(Cc1ccccc1)Cc1ccccc1. The number of benzene rings is 2. The average Bonchev–Trinajstić information content (AvgIpc) is 2.55. The first-order valence-corrected chi connectivity index (χ1v) is 7.88. The Morgan fingerprint density at radius 2 is 1.48 bits per heavy atom. The topological polar surface area (TPSA) is 49.8 Å². The van der Waals surface area contributed by atoms with Crippen LogP contribution < -0.4 is 0 Å². The molecule has 0 fully saturated rings. The molecule has 1 atom stereocenters. The molecule has 2 aromatic rings. The van der Waals surface area contributed by atoms with Crippen molar-refractivity contribution in [3.63, 3.8) is 0 Å². The Morgan fingerprint density at radius 1 is 1.00 bits per heavy atom. The van der Waals surface area contributed by atoms with Crippen molar-refractivity contribution in [2.45, 2.75) is 39.0 Å². The largest absolute Gasteiger partial charge is 0.481 e. The zero-order chi connectivity index (χ0) is 16.5. The van der Waals surface area contributed by atoms with E-state index < -0.39 is 5.97 Å². The van der Waals surface area contributed by atoms with Crippen LogP contribution in [-0.4, -0.2) is 22.2 Å². The first-order chi connectivity index (χ1) is 11.2. The molecule has 0 aromatic heterocycles. The van der Waals surface area contributed by atoms with Crippen molar-refractivity contribution in [2.24, 2.45) is 0 Å². The summed E-state index contributed by atoms with van der Waals surface area (Å²) in [5, 5.41) is 10.9. The summed E-state index contributed by atoms with van der Waals surface area (Å²) in [7, 11) is 0. The molecule has 122 valence electrons. The first-order valence-electron chi connectivity index (χ1n) is 7.88. The molecule has 2 rings (SSSR count). The van der Waals surface area contributed by atoms with Crippen molar-refractivity contribution in [3.05, 3.63) is 71.8 Å². The Balaban J connectivity index is 2.08. The highest BCUT2D eigenvalue weighted by molar-refractivity contribution is 5.67. The van der Waals surface area contributed by atoms with E-state index in [9.17, 15) is 4.79 Å². The second-order valence-corrected chi connectivity index (χ2v) is 5.50. The predicted molar refractivity (Wildman–Crippen MR) is 89.5 cm³/mol. The molecule has 0 radical (unpaired) electrons. The molecule has 0 spiro atoms. The van der Waals surface area contributed by atoms with E-state index in [1.54, 1.807) is 0 Å². The summed E-state index contributed by atoms with van der Waals surface area (Å²) in [6.07, 6.45) is 0.350. The summed E-state index contributed by atoms with van der Waals surface area (Å²) in [5.41, 5.74) is 2.27. The number of nitrogens with zero attached hydrogens (tertiary/aromatic N) is 1. The monoisotopic (exact) mass is 313 g/mol. The Labute approximate surface area is 137 Å². The Kier molecular flexibility index (Phi) is 6.78. The minimum Gasteiger partial charge on any atom is -0.481 e. The third-order valence-electron chi connectivity index (χ3n) is 3.56. The molecule has 4 nitrogen and oxygen atoms in total. The van der Waals surface area contributed by atoms with Crippen LogP contribution in [0.1, 0.15) is 30.9 Å². The van der Waals surface area contributed by atoms with E-state index in [1.165, 1.54) is 0 Å². The number of carboxylic acids is 1. The number of hydrogen-bond donors (Lipinski definition) is 1. The zero-order valence-corrected chi connectivity index (χ0v) is 13.4. The van der Waals surface area contributed by atoms with Gasteiger partial charge in [0.1, 0.15) is 0 Å². The lowest BCUT2D eigenvalue weighted by Gasteiger charge is -2.26. The predicted octanol–water partition coefficient (Wildman–Crippen LogP) is 3.87. The molecule has 0 aliphatic heterocycles. The van der Waals surface area contributed by atoms with E-state index in [0.29, 0.717) is 19.5 Å². The summed E-state index contributed by atoms with van der Waals surface area (Å²) in [6.45, 7) is 3.18. The van der Waals surface area contributed by atoms with Crippen molar-refractivity contribution in [3.8, 4) is 0 Å². The maximum Gasteiger partial charge on any atom is 0.306 e. The second kappa shape index (κ2) is 9.08. The number of hydroxylamine groups is 2. The highest BCUT2D eigenvalue weighted by atomic mass is 16.7. The Bertz CT molecular complexity index is 545. The molecule has 2 aromatic carbocycles. The van der Waals surface area contributed by atoms with E-state index in [2.05, 4.69) is 0 Å². The third-order valence-corrected chi connectivity index (χ3v) is 3.56. The van der Waals surface area contributed by atoms with E-state index in [4.69, 9.17) is 9.94 Å². The highest BCUT2D eigenvalue weighted by Crippen LogP contribution is 2.15. The van der Waals surface area contributed by atoms with Gasteiger partial charge in [-0.1, -0.05) is 67.6 Å². The fourth-order valence-corrected chi connectivity index (χ4v) is 2.37. The van der Waals surface area contributed by atoms with E-state index in [1.807, 2.05) is 72.7 Å². The van der Waals surface area contributed by atoms with Crippen LogP contribution in [0.2, 0.25) is 0 Å². The maximum atomic E-state index is 11.0. The Morgan fingerprint density at radius 3 is 1.87 bits per heavy atom. The Hall–Kier alpha value is -2.17. The number of carbonyl (C=O) groups is 1. The van der Waals surface area contributed by atoms with Gasteiger partial charge in [-0.25, -0.2) is 0 Å². The van der Waals surface area contributed by atoms with Gasteiger partial charge in [-0.15, -0.1) is 0 Å². The molecule has 0 saturated carbocycles. The highest BCUT2D eigenvalue weighted by Gasteiger charge is 2.17. The molecule has 0 heterocycles. The average molecular weight is 313 g/mol. The van der Waals surface area contributed by atoms with Crippen LogP contribution >= 0.6 is 0 Å². The summed E-state index contributed by atoms with van der Waals surface area (Å²) in [5.74, 6) is -0.837. The lowest BCUT2D eigenvalue weighted by Crippen LogP contribution is -2.30. The molecule has 0 amide bonds. The van der Waals surface area contributed by atoms with Crippen molar-refractivity contribution in [2.75, 3.05) is 0 Å². The van der Waals surface area contributed by atoms with Crippen LogP contribution in [0.5, 0.6) is 0 Å². The van der Waals surface area contributed by atoms with E-state index in [-0.39, 0.29) is 12.5 Å².